The highest BCUT2D eigenvalue weighted by molar-refractivity contribution is 5.76. The first-order valence-electron chi connectivity index (χ1n) is 6.36. The summed E-state index contributed by atoms with van der Waals surface area (Å²) >= 11 is 0. The number of esters is 1. The van der Waals surface area contributed by atoms with Gasteiger partial charge >= 0.3 is 11.9 Å². The molecule has 4 fully saturated rings. The third-order valence-electron chi connectivity index (χ3n) is 4.82. The molecule has 0 radical (unpaired) electrons. The van der Waals surface area contributed by atoms with Gasteiger partial charge in [-0.1, -0.05) is 0 Å². The molecule has 0 amide bonds. The SMILES string of the molecule is CC(=O)OC12CC3CC(C1)CC(C(=O)O)(C3)C2. The Morgan fingerprint density at radius 1 is 1.18 bits per heavy atom. The summed E-state index contributed by atoms with van der Waals surface area (Å²) < 4.78 is 5.52. The largest absolute Gasteiger partial charge is 0.481 e. The van der Waals surface area contributed by atoms with E-state index in [0.29, 0.717) is 18.3 Å². The lowest BCUT2D eigenvalue weighted by Crippen LogP contribution is -2.59. The first-order chi connectivity index (χ1) is 7.93. The molecule has 4 saturated carbocycles. The number of carboxylic acid groups (broad SMARTS) is 1. The van der Waals surface area contributed by atoms with Crippen molar-refractivity contribution in [1.82, 2.24) is 0 Å². The Bertz CT molecular complexity index is 373. The summed E-state index contributed by atoms with van der Waals surface area (Å²) in [5, 5.41) is 9.49. The minimum absolute atomic E-state index is 0.271. The number of ether oxygens (including phenoxy) is 1. The molecule has 0 heterocycles. The molecule has 4 aliphatic rings. The van der Waals surface area contributed by atoms with E-state index in [1.54, 1.807) is 0 Å². The van der Waals surface area contributed by atoms with Crippen LogP contribution in [0.5, 0.6) is 0 Å². The summed E-state index contributed by atoms with van der Waals surface area (Å²) in [6, 6.07) is 0. The van der Waals surface area contributed by atoms with E-state index in [1.807, 2.05) is 0 Å². The highest BCUT2D eigenvalue weighted by atomic mass is 16.6. The topological polar surface area (TPSA) is 63.6 Å². The van der Waals surface area contributed by atoms with Gasteiger partial charge in [-0.2, -0.15) is 0 Å². The summed E-state index contributed by atoms with van der Waals surface area (Å²) in [6.45, 7) is 1.42. The fourth-order valence-electron chi connectivity index (χ4n) is 4.85. The third-order valence-corrected chi connectivity index (χ3v) is 4.82. The zero-order valence-corrected chi connectivity index (χ0v) is 10.1. The molecule has 4 bridgehead atoms. The van der Waals surface area contributed by atoms with Gasteiger partial charge in [-0.25, -0.2) is 0 Å². The van der Waals surface area contributed by atoms with Crippen LogP contribution in [0.15, 0.2) is 0 Å². The molecule has 94 valence electrons. The molecule has 0 aromatic rings. The molecule has 1 N–H and O–H groups in total. The quantitative estimate of drug-likeness (QED) is 0.747. The lowest BCUT2D eigenvalue weighted by Gasteiger charge is -2.59. The predicted molar refractivity (Wildman–Crippen MR) is 59.2 cm³/mol. The molecule has 17 heavy (non-hydrogen) atoms. The molecule has 0 spiro atoms. The van der Waals surface area contributed by atoms with E-state index >= 15 is 0 Å². The normalized spacial score (nSPS) is 46.9. The van der Waals surface area contributed by atoms with Crippen molar-refractivity contribution in [3.05, 3.63) is 0 Å². The molecule has 2 atom stereocenters. The maximum Gasteiger partial charge on any atom is 0.309 e. The Labute approximate surface area is 100 Å². The van der Waals surface area contributed by atoms with Crippen LogP contribution in [0, 0.1) is 17.3 Å². The number of carbonyl (C=O) groups is 2. The van der Waals surface area contributed by atoms with E-state index < -0.39 is 17.0 Å². The zero-order chi connectivity index (χ0) is 12.3. The van der Waals surface area contributed by atoms with Crippen LogP contribution < -0.4 is 0 Å². The highest BCUT2D eigenvalue weighted by Gasteiger charge is 2.62. The second-order valence-electron chi connectivity index (χ2n) is 6.32. The van der Waals surface area contributed by atoms with E-state index in [9.17, 15) is 14.7 Å². The monoisotopic (exact) mass is 238 g/mol. The lowest BCUT2D eigenvalue weighted by atomic mass is 9.48. The van der Waals surface area contributed by atoms with Gasteiger partial charge < -0.3 is 9.84 Å². The first-order valence-corrected chi connectivity index (χ1v) is 6.36. The van der Waals surface area contributed by atoms with Crippen LogP contribution in [0.25, 0.3) is 0 Å². The molecule has 4 aliphatic carbocycles. The van der Waals surface area contributed by atoms with Crippen LogP contribution in [0.4, 0.5) is 0 Å². The number of carboxylic acids is 1. The van der Waals surface area contributed by atoms with Gasteiger partial charge in [0.05, 0.1) is 5.41 Å². The Kier molecular flexibility index (Phi) is 2.11. The minimum Gasteiger partial charge on any atom is -0.481 e. The van der Waals surface area contributed by atoms with Gasteiger partial charge in [0, 0.05) is 13.3 Å². The molecule has 4 nitrogen and oxygen atoms in total. The second kappa shape index (κ2) is 3.24. The number of rotatable bonds is 2. The fourth-order valence-corrected chi connectivity index (χ4v) is 4.85. The zero-order valence-electron chi connectivity index (χ0n) is 10.1. The maximum absolute atomic E-state index is 11.5. The molecule has 4 rings (SSSR count). The van der Waals surface area contributed by atoms with Crippen molar-refractivity contribution < 1.29 is 19.4 Å². The van der Waals surface area contributed by atoms with Crippen LogP contribution in [-0.4, -0.2) is 22.6 Å². The van der Waals surface area contributed by atoms with Crippen LogP contribution in [-0.2, 0) is 14.3 Å². The summed E-state index contributed by atoms with van der Waals surface area (Å²) in [5.41, 5.74) is -1.08. The summed E-state index contributed by atoms with van der Waals surface area (Å²) in [7, 11) is 0. The minimum atomic E-state index is -0.692. The van der Waals surface area contributed by atoms with Gasteiger partial charge in [0.15, 0.2) is 0 Å². The van der Waals surface area contributed by atoms with Crippen molar-refractivity contribution in [2.75, 3.05) is 0 Å². The number of hydrogen-bond acceptors (Lipinski definition) is 3. The Morgan fingerprint density at radius 3 is 2.24 bits per heavy atom. The Hall–Kier alpha value is -1.06. The molecular weight excluding hydrogens is 220 g/mol. The summed E-state index contributed by atoms with van der Waals surface area (Å²) in [5.74, 6) is -0.0889. The first kappa shape index (κ1) is 11.1. The van der Waals surface area contributed by atoms with Crippen LogP contribution in [0.3, 0.4) is 0 Å². The van der Waals surface area contributed by atoms with E-state index in [1.165, 1.54) is 6.92 Å². The van der Waals surface area contributed by atoms with Gasteiger partial charge in [-0.05, 0) is 43.9 Å². The number of hydrogen-bond donors (Lipinski definition) is 1. The summed E-state index contributed by atoms with van der Waals surface area (Å²) in [6.07, 6.45) is 4.96. The van der Waals surface area contributed by atoms with Crippen LogP contribution in [0.2, 0.25) is 0 Å². The van der Waals surface area contributed by atoms with Gasteiger partial charge in [-0.15, -0.1) is 0 Å². The molecule has 0 aromatic heterocycles. The van der Waals surface area contributed by atoms with E-state index in [4.69, 9.17) is 4.74 Å². The van der Waals surface area contributed by atoms with Crippen LogP contribution >= 0.6 is 0 Å². The standard InChI is InChI=1S/C13H18O4/c1-8(14)17-13-5-9-2-10(6-13)4-12(3-9,7-13)11(15)16/h9-10H,2-7H2,1H3,(H,15,16). The predicted octanol–water partition coefficient (Wildman–Crippen LogP) is 1.97. The van der Waals surface area contributed by atoms with Crippen molar-refractivity contribution in [3.8, 4) is 0 Å². The molecule has 0 aliphatic heterocycles. The van der Waals surface area contributed by atoms with E-state index in [-0.39, 0.29) is 5.97 Å². The maximum atomic E-state index is 11.5. The summed E-state index contributed by atoms with van der Waals surface area (Å²) in [4.78, 5) is 22.8. The second-order valence-corrected chi connectivity index (χ2v) is 6.32. The average molecular weight is 238 g/mol. The van der Waals surface area contributed by atoms with Gasteiger partial charge in [0.2, 0.25) is 0 Å². The van der Waals surface area contributed by atoms with E-state index in [2.05, 4.69) is 0 Å². The molecule has 4 heteroatoms. The van der Waals surface area contributed by atoms with Crippen molar-refractivity contribution in [1.29, 1.82) is 0 Å². The molecule has 0 aromatic carbocycles. The van der Waals surface area contributed by atoms with Gasteiger partial charge in [0.25, 0.3) is 0 Å². The Morgan fingerprint density at radius 2 is 1.76 bits per heavy atom. The lowest BCUT2D eigenvalue weighted by molar-refractivity contribution is -0.208. The van der Waals surface area contributed by atoms with Crippen molar-refractivity contribution in [2.45, 2.75) is 51.0 Å². The average Bonchev–Trinajstić information content (AvgIpc) is 2.12. The van der Waals surface area contributed by atoms with Crippen molar-refractivity contribution in [3.63, 3.8) is 0 Å². The van der Waals surface area contributed by atoms with Gasteiger partial charge in [-0.3, -0.25) is 9.59 Å². The van der Waals surface area contributed by atoms with Crippen LogP contribution in [0.1, 0.15) is 45.4 Å². The fraction of sp³-hybridized carbons (Fsp3) is 0.846. The smallest absolute Gasteiger partial charge is 0.309 e. The number of aliphatic carboxylic acids is 1. The molecule has 2 unspecified atom stereocenters. The third kappa shape index (κ3) is 1.57. The molecular formula is C13H18O4. The number of carbonyl (C=O) groups excluding carboxylic acids is 1. The van der Waals surface area contributed by atoms with Crippen molar-refractivity contribution >= 4 is 11.9 Å². The Balaban J connectivity index is 1.94. The van der Waals surface area contributed by atoms with Crippen molar-refractivity contribution in [2.24, 2.45) is 17.3 Å². The molecule has 0 saturated heterocycles. The highest BCUT2D eigenvalue weighted by Crippen LogP contribution is 2.62. The van der Waals surface area contributed by atoms with E-state index in [0.717, 1.165) is 32.1 Å². The van der Waals surface area contributed by atoms with Gasteiger partial charge in [0.1, 0.15) is 5.60 Å².